The van der Waals surface area contributed by atoms with E-state index < -0.39 is 0 Å². The molecule has 90 valence electrons. The predicted molar refractivity (Wildman–Crippen MR) is 64.9 cm³/mol. The van der Waals surface area contributed by atoms with Gasteiger partial charge in [0.25, 0.3) is 0 Å². The van der Waals surface area contributed by atoms with Gasteiger partial charge in [0, 0.05) is 13.0 Å². The summed E-state index contributed by atoms with van der Waals surface area (Å²) in [4.78, 5) is 13.7. The van der Waals surface area contributed by atoms with Gasteiger partial charge in [0.05, 0.1) is 0 Å². The van der Waals surface area contributed by atoms with Gasteiger partial charge in [0.1, 0.15) is 0 Å². The van der Waals surface area contributed by atoms with Crippen molar-refractivity contribution < 1.29 is 4.79 Å². The third-order valence-electron chi connectivity index (χ3n) is 2.63. The number of hydrogen-bond donors (Lipinski definition) is 1. The van der Waals surface area contributed by atoms with Gasteiger partial charge in [-0.2, -0.15) is 0 Å². The molecule has 0 fully saturated rings. The molecule has 0 saturated carbocycles. The molecule has 0 unspecified atom stereocenters. The van der Waals surface area contributed by atoms with Gasteiger partial charge in [-0.3, -0.25) is 4.79 Å². The molecule has 0 aromatic heterocycles. The molecule has 15 heavy (non-hydrogen) atoms. The number of hydrogen-bond acceptors (Lipinski definition) is 2. The molecule has 0 bridgehead atoms. The fraction of sp³-hybridized carbons (Fsp3) is 0.917. The number of nitrogens with one attached hydrogen (secondary N) is 1. The van der Waals surface area contributed by atoms with Gasteiger partial charge in [0.2, 0.25) is 5.91 Å². The molecule has 0 rings (SSSR count). The fourth-order valence-electron chi connectivity index (χ4n) is 1.50. The van der Waals surface area contributed by atoms with Crippen LogP contribution >= 0.6 is 0 Å². The van der Waals surface area contributed by atoms with Crippen molar-refractivity contribution in [3.05, 3.63) is 0 Å². The van der Waals surface area contributed by atoms with Crippen molar-refractivity contribution in [2.24, 2.45) is 0 Å². The predicted octanol–water partition coefficient (Wildman–Crippen LogP) is 2.02. The van der Waals surface area contributed by atoms with E-state index in [9.17, 15) is 4.79 Å². The molecule has 0 atom stereocenters. The van der Waals surface area contributed by atoms with Crippen molar-refractivity contribution in [2.45, 2.75) is 46.5 Å². The summed E-state index contributed by atoms with van der Waals surface area (Å²) in [7, 11) is 0. The van der Waals surface area contributed by atoms with Crippen LogP contribution in [0.25, 0.3) is 0 Å². The highest BCUT2D eigenvalue weighted by Gasteiger charge is 2.02. The number of carbonyl (C=O) groups is 1. The lowest BCUT2D eigenvalue weighted by atomic mass is 10.2. The Kier molecular flexibility index (Phi) is 9.59. The van der Waals surface area contributed by atoms with Crippen molar-refractivity contribution in [3.63, 3.8) is 0 Å². The Bertz CT molecular complexity index is 156. The van der Waals surface area contributed by atoms with E-state index in [1.54, 1.807) is 0 Å². The Morgan fingerprint density at radius 2 is 1.80 bits per heavy atom. The van der Waals surface area contributed by atoms with Gasteiger partial charge in [-0.15, -0.1) is 0 Å². The second-order valence-corrected chi connectivity index (χ2v) is 3.83. The SMILES string of the molecule is CCCCNC(=O)CCCN(CC)CC. The molecule has 0 radical (unpaired) electrons. The van der Waals surface area contributed by atoms with Crippen LogP contribution in [0, 0.1) is 0 Å². The normalized spacial score (nSPS) is 10.7. The highest BCUT2D eigenvalue weighted by Crippen LogP contribution is 1.95. The first-order valence-corrected chi connectivity index (χ1v) is 6.23. The van der Waals surface area contributed by atoms with E-state index >= 15 is 0 Å². The minimum absolute atomic E-state index is 0.204. The number of carbonyl (C=O) groups excluding carboxylic acids is 1. The molecule has 1 N–H and O–H groups in total. The molecule has 0 saturated heterocycles. The summed E-state index contributed by atoms with van der Waals surface area (Å²) < 4.78 is 0. The molecule has 3 heteroatoms. The lowest BCUT2D eigenvalue weighted by Crippen LogP contribution is -2.27. The summed E-state index contributed by atoms with van der Waals surface area (Å²) in [5.41, 5.74) is 0. The van der Waals surface area contributed by atoms with E-state index in [1.165, 1.54) is 0 Å². The number of rotatable bonds is 9. The molecule has 0 spiro atoms. The lowest BCUT2D eigenvalue weighted by molar-refractivity contribution is -0.121. The molecule has 1 amide bonds. The molecule has 0 aromatic rings. The van der Waals surface area contributed by atoms with Gasteiger partial charge >= 0.3 is 0 Å². The summed E-state index contributed by atoms with van der Waals surface area (Å²) >= 11 is 0. The van der Waals surface area contributed by atoms with Crippen molar-refractivity contribution in [3.8, 4) is 0 Å². The first kappa shape index (κ1) is 14.4. The van der Waals surface area contributed by atoms with E-state index in [-0.39, 0.29) is 5.91 Å². The summed E-state index contributed by atoms with van der Waals surface area (Å²) in [6, 6.07) is 0. The van der Waals surface area contributed by atoms with Crippen molar-refractivity contribution in [1.29, 1.82) is 0 Å². The van der Waals surface area contributed by atoms with E-state index in [2.05, 4.69) is 31.0 Å². The Hall–Kier alpha value is -0.570. The van der Waals surface area contributed by atoms with Gasteiger partial charge in [-0.25, -0.2) is 0 Å². The minimum Gasteiger partial charge on any atom is -0.356 e. The van der Waals surface area contributed by atoms with Crippen LogP contribution in [0.1, 0.15) is 46.5 Å². The topological polar surface area (TPSA) is 32.3 Å². The number of amides is 1. The van der Waals surface area contributed by atoms with E-state index in [1.807, 2.05) is 0 Å². The zero-order chi connectivity index (χ0) is 11.5. The Morgan fingerprint density at radius 3 is 2.33 bits per heavy atom. The zero-order valence-corrected chi connectivity index (χ0v) is 10.5. The average molecular weight is 214 g/mol. The maximum Gasteiger partial charge on any atom is 0.220 e. The highest BCUT2D eigenvalue weighted by molar-refractivity contribution is 5.75. The van der Waals surface area contributed by atoms with Gasteiger partial charge in [-0.05, 0) is 32.5 Å². The molecular formula is C12H26N2O. The van der Waals surface area contributed by atoms with Crippen molar-refractivity contribution >= 4 is 5.91 Å². The number of unbranched alkanes of at least 4 members (excludes halogenated alkanes) is 1. The minimum atomic E-state index is 0.204. The fourth-order valence-corrected chi connectivity index (χ4v) is 1.50. The second-order valence-electron chi connectivity index (χ2n) is 3.83. The van der Waals surface area contributed by atoms with Crippen LogP contribution in [-0.2, 0) is 4.79 Å². The molecule has 0 aromatic carbocycles. The average Bonchev–Trinajstić information content (AvgIpc) is 2.25. The summed E-state index contributed by atoms with van der Waals surface area (Å²) in [6.45, 7) is 10.5. The van der Waals surface area contributed by atoms with E-state index in [0.717, 1.165) is 45.4 Å². The van der Waals surface area contributed by atoms with Gasteiger partial charge in [-0.1, -0.05) is 27.2 Å². The smallest absolute Gasteiger partial charge is 0.220 e. The third-order valence-corrected chi connectivity index (χ3v) is 2.63. The lowest BCUT2D eigenvalue weighted by Gasteiger charge is -2.17. The van der Waals surface area contributed by atoms with E-state index in [0.29, 0.717) is 6.42 Å². The summed E-state index contributed by atoms with van der Waals surface area (Å²) in [5.74, 6) is 0.204. The quantitative estimate of drug-likeness (QED) is 0.596. The monoisotopic (exact) mass is 214 g/mol. The molecule has 0 heterocycles. The van der Waals surface area contributed by atoms with Crippen LogP contribution in [0.4, 0.5) is 0 Å². The van der Waals surface area contributed by atoms with Crippen LogP contribution in [0.2, 0.25) is 0 Å². The highest BCUT2D eigenvalue weighted by atomic mass is 16.1. The molecule has 0 aliphatic rings. The molecule has 3 nitrogen and oxygen atoms in total. The van der Waals surface area contributed by atoms with Crippen LogP contribution in [-0.4, -0.2) is 37.0 Å². The first-order chi connectivity index (χ1) is 7.24. The van der Waals surface area contributed by atoms with Gasteiger partial charge in [0.15, 0.2) is 0 Å². The summed E-state index contributed by atoms with van der Waals surface area (Å²) in [5, 5.41) is 2.94. The van der Waals surface area contributed by atoms with Crippen LogP contribution in [0.5, 0.6) is 0 Å². The zero-order valence-electron chi connectivity index (χ0n) is 10.5. The van der Waals surface area contributed by atoms with Gasteiger partial charge < -0.3 is 10.2 Å². The third kappa shape index (κ3) is 8.43. The largest absolute Gasteiger partial charge is 0.356 e. The molecular weight excluding hydrogens is 188 g/mol. The first-order valence-electron chi connectivity index (χ1n) is 6.23. The van der Waals surface area contributed by atoms with Crippen LogP contribution < -0.4 is 5.32 Å². The Labute approximate surface area is 94.2 Å². The van der Waals surface area contributed by atoms with Crippen molar-refractivity contribution in [2.75, 3.05) is 26.2 Å². The Balaban J connectivity index is 3.37. The van der Waals surface area contributed by atoms with Crippen LogP contribution in [0.3, 0.4) is 0 Å². The number of nitrogens with zero attached hydrogens (tertiary/aromatic N) is 1. The standard InChI is InChI=1S/C12H26N2O/c1-4-7-10-13-12(15)9-8-11-14(5-2)6-3/h4-11H2,1-3H3,(H,13,15). The molecule has 0 aliphatic heterocycles. The van der Waals surface area contributed by atoms with Crippen LogP contribution in [0.15, 0.2) is 0 Å². The Morgan fingerprint density at radius 1 is 1.13 bits per heavy atom. The van der Waals surface area contributed by atoms with Crippen molar-refractivity contribution in [1.82, 2.24) is 10.2 Å². The maximum atomic E-state index is 11.3. The summed E-state index contributed by atoms with van der Waals surface area (Å²) in [6.07, 6.45) is 3.86. The second kappa shape index (κ2) is 9.97. The molecule has 0 aliphatic carbocycles. The van der Waals surface area contributed by atoms with E-state index in [4.69, 9.17) is 0 Å². The maximum absolute atomic E-state index is 11.3.